The summed E-state index contributed by atoms with van der Waals surface area (Å²) in [5.41, 5.74) is 0.695. The average Bonchev–Trinajstić information content (AvgIpc) is 3.31. The van der Waals surface area contributed by atoms with Gasteiger partial charge in [-0.3, -0.25) is 9.69 Å². The molecule has 0 bridgehead atoms. The van der Waals surface area contributed by atoms with Crippen molar-refractivity contribution in [3.63, 3.8) is 0 Å². The molecular formula is C19H22N2O5S. The van der Waals surface area contributed by atoms with Crippen LogP contribution < -0.4 is 5.32 Å². The van der Waals surface area contributed by atoms with Crippen LogP contribution in [0.3, 0.4) is 0 Å². The number of hydrogen-bond acceptors (Lipinski definition) is 6. The molecule has 4 rings (SSSR count). The fourth-order valence-electron chi connectivity index (χ4n) is 3.94. The standard InChI is InChI=1S/C19H22N2O5S/c1-20-17(22)14-3-2-12(26-14)11-21-7-5-19(6-8-21)13-10-16(18(23)24)27-15(13)4-9-25-19/h2-3,10H,4-9,11H2,1H3,(H,20,22)(H,23,24). The Morgan fingerprint density at radius 3 is 2.81 bits per heavy atom. The molecule has 2 aliphatic heterocycles. The lowest BCUT2D eigenvalue weighted by Gasteiger charge is -2.43. The van der Waals surface area contributed by atoms with Crippen molar-refractivity contribution in [2.24, 2.45) is 0 Å². The molecule has 0 radical (unpaired) electrons. The molecule has 0 aliphatic carbocycles. The van der Waals surface area contributed by atoms with Gasteiger partial charge in [-0.05, 0) is 36.6 Å². The predicted molar refractivity (Wildman–Crippen MR) is 99.2 cm³/mol. The van der Waals surface area contributed by atoms with E-state index in [4.69, 9.17) is 9.15 Å². The highest BCUT2D eigenvalue weighted by Crippen LogP contribution is 2.44. The van der Waals surface area contributed by atoms with E-state index in [2.05, 4.69) is 10.2 Å². The topological polar surface area (TPSA) is 92.0 Å². The van der Waals surface area contributed by atoms with Crippen LogP contribution in [0.1, 0.15) is 49.3 Å². The first-order valence-corrected chi connectivity index (χ1v) is 9.86. The second-order valence-electron chi connectivity index (χ2n) is 6.97. The number of rotatable bonds is 4. The molecule has 2 aliphatic rings. The fourth-order valence-corrected chi connectivity index (χ4v) is 5.01. The molecule has 0 saturated carbocycles. The van der Waals surface area contributed by atoms with Crippen LogP contribution in [0.25, 0.3) is 0 Å². The van der Waals surface area contributed by atoms with Crippen LogP contribution in [-0.4, -0.2) is 48.6 Å². The number of nitrogens with zero attached hydrogens (tertiary/aromatic N) is 1. The summed E-state index contributed by atoms with van der Waals surface area (Å²) in [5, 5.41) is 11.9. The maximum Gasteiger partial charge on any atom is 0.345 e. The summed E-state index contributed by atoms with van der Waals surface area (Å²) in [5.74, 6) is -0.0143. The molecule has 0 aromatic carbocycles. The average molecular weight is 390 g/mol. The van der Waals surface area contributed by atoms with Crippen LogP contribution in [0.15, 0.2) is 22.6 Å². The molecule has 2 N–H and O–H groups in total. The molecule has 1 saturated heterocycles. The summed E-state index contributed by atoms with van der Waals surface area (Å²) in [6, 6.07) is 5.33. The van der Waals surface area contributed by atoms with Crippen LogP contribution in [0, 0.1) is 0 Å². The number of amides is 1. The highest BCUT2D eigenvalue weighted by molar-refractivity contribution is 7.14. The van der Waals surface area contributed by atoms with Gasteiger partial charge in [0.05, 0.1) is 18.8 Å². The number of aromatic carboxylic acids is 1. The van der Waals surface area contributed by atoms with E-state index in [9.17, 15) is 14.7 Å². The number of thiophene rings is 1. The minimum Gasteiger partial charge on any atom is -0.477 e. The molecule has 2 aromatic rings. The molecule has 27 heavy (non-hydrogen) atoms. The Balaban J connectivity index is 1.44. The van der Waals surface area contributed by atoms with Crippen LogP contribution in [0.5, 0.6) is 0 Å². The Hall–Kier alpha value is -2.16. The predicted octanol–water partition coefficient (Wildman–Crippen LogP) is 2.46. The Morgan fingerprint density at radius 2 is 2.11 bits per heavy atom. The van der Waals surface area contributed by atoms with Gasteiger partial charge in [0.2, 0.25) is 0 Å². The minimum atomic E-state index is -0.869. The van der Waals surface area contributed by atoms with Gasteiger partial charge >= 0.3 is 5.97 Å². The third-order valence-corrected chi connectivity index (χ3v) is 6.56. The Bertz CT molecular complexity index is 863. The van der Waals surface area contributed by atoms with Crippen molar-refractivity contribution in [2.75, 3.05) is 26.7 Å². The molecule has 7 nitrogen and oxygen atoms in total. The second kappa shape index (κ2) is 7.10. The van der Waals surface area contributed by atoms with E-state index >= 15 is 0 Å². The maximum atomic E-state index is 11.6. The summed E-state index contributed by atoms with van der Waals surface area (Å²) >= 11 is 1.38. The molecule has 1 fully saturated rings. The van der Waals surface area contributed by atoms with Crippen molar-refractivity contribution < 1.29 is 23.8 Å². The number of ether oxygens (including phenoxy) is 1. The van der Waals surface area contributed by atoms with Gasteiger partial charge < -0.3 is 19.6 Å². The Kier molecular flexibility index (Phi) is 4.79. The molecule has 0 atom stereocenters. The molecule has 8 heteroatoms. The zero-order valence-corrected chi connectivity index (χ0v) is 15.9. The first kappa shape index (κ1) is 18.2. The van der Waals surface area contributed by atoms with Crippen molar-refractivity contribution in [1.82, 2.24) is 10.2 Å². The van der Waals surface area contributed by atoms with Crippen molar-refractivity contribution >= 4 is 23.2 Å². The van der Waals surface area contributed by atoms with Crippen LogP contribution in [-0.2, 0) is 23.3 Å². The van der Waals surface area contributed by atoms with Gasteiger partial charge in [0.15, 0.2) is 5.76 Å². The number of carboxylic acid groups (broad SMARTS) is 1. The van der Waals surface area contributed by atoms with Gasteiger partial charge in [0, 0.05) is 31.4 Å². The number of piperidine rings is 1. The number of carboxylic acids is 1. The second-order valence-corrected chi connectivity index (χ2v) is 8.10. The molecule has 4 heterocycles. The summed E-state index contributed by atoms with van der Waals surface area (Å²) < 4.78 is 11.8. The number of likely N-dealkylation sites (tertiary alicyclic amines) is 1. The van der Waals surface area contributed by atoms with Gasteiger partial charge in [-0.25, -0.2) is 4.79 Å². The third-order valence-electron chi connectivity index (χ3n) is 5.37. The van der Waals surface area contributed by atoms with E-state index in [1.807, 2.05) is 6.07 Å². The van der Waals surface area contributed by atoms with E-state index in [1.165, 1.54) is 11.3 Å². The molecular weight excluding hydrogens is 368 g/mol. The summed E-state index contributed by atoms with van der Waals surface area (Å²) in [6.07, 6.45) is 2.42. The van der Waals surface area contributed by atoms with E-state index in [1.54, 1.807) is 19.2 Å². The Morgan fingerprint density at radius 1 is 1.33 bits per heavy atom. The van der Waals surface area contributed by atoms with Gasteiger partial charge in [0.1, 0.15) is 10.6 Å². The molecule has 1 spiro atoms. The summed E-state index contributed by atoms with van der Waals surface area (Å²) in [6.45, 7) is 2.94. The highest BCUT2D eigenvalue weighted by Gasteiger charge is 2.42. The molecule has 144 valence electrons. The molecule has 2 aromatic heterocycles. The SMILES string of the molecule is CNC(=O)c1ccc(CN2CCC3(CC2)OCCc2sc(C(=O)O)cc23)o1. The van der Waals surface area contributed by atoms with Crippen molar-refractivity contribution in [1.29, 1.82) is 0 Å². The number of carbonyl (C=O) groups is 2. The zero-order chi connectivity index (χ0) is 19.0. The lowest BCUT2D eigenvalue weighted by Crippen LogP contribution is -2.45. The largest absolute Gasteiger partial charge is 0.477 e. The first-order valence-electron chi connectivity index (χ1n) is 9.04. The van der Waals surface area contributed by atoms with Gasteiger partial charge in [-0.15, -0.1) is 11.3 Å². The normalized spacial score (nSPS) is 19.0. The van der Waals surface area contributed by atoms with Gasteiger partial charge in [0.25, 0.3) is 5.91 Å². The first-order chi connectivity index (χ1) is 13.0. The number of furan rings is 1. The van der Waals surface area contributed by atoms with E-state index in [0.29, 0.717) is 23.8 Å². The summed E-state index contributed by atoms with van der Waals surface area (Å²) in [7, 11) is 1.58. The van der Waals surface area contributed by atoms with Crippen LogP contribution >= 0.6 is 11.3 Å². The Labute approximate surface area is 160 Å². The molecule has 1 amide bonds. The smallest absolute Gasteiger partial charge is 0.345 e. The summed E-state index contributed by atoms with van der Waals surface area (Å²) in [4.78, 5) is 26.8. The molecule has 0 unspecified atom stereocenters. The lowest BCUT2D eigenvalue weighted by molar-refractivity contribution is -0.0986. The van der Waals surface area contributed by atoms with Crippen molar-refractivity contribution in [2.45, 2.75) is 31.4 Å². The minimum absolute atomic E-state index is 0.228. The van der Waals surface area contributed by atoms with Gasteiger partial charge in [-0.2, -0.15) is 0 Å². The zero-order valence-electron chi connectivity index (χ0n) is 15.1. The maximum absolute atomic E-state index is 11.6. The van der Waals surface area contributed by atoms with Gasteiger partial charge in [-0.1, -0.05) is 0 Å². The van der Waals surface area contributed by atoms with Crippen molar-refractivity contribution in [3.8, 4) is 0 Å². The quantitative estimate of drug-likeness (QED) is 0.833. The number of hydrogen-bond donors (Lipinski definition) is 2. The van der Waals surface area contributed by atoms with E-state index < -0.39 is 5.97 Å². The van der Waals surface area contributed by atoms with Crippen LogP contribution in [0.2, 0.25) is 0 Å². The third kappa shape index (κ3) is 3.40. The van der Waals surface area contributed by atoms with Crippen molar-refractivity contribution in [3.05, 3.63) is 45.0 Å². The fraction of sp³-hybridized carbons (Fsp3) is 0.474. The monoisotopic (exact) mass is 390 g/mol. The number of carbonyl (C=O) groups excluding carboxylic acids is 1. The van der Waals surface area contributed by atoms with Crippen LogP contribution in [0.4, 0.5) is 0 Å². The van der Waals surface area contributed by atoms with E-state index in [0.717, 1.165) is 48.6 Å². The number of nitrogens with one attached hydrogen (secondary N) is 1. The lowest BCUT2D eigenvalue weighted by atomic mass is 9.82. The number of fused-ring (bicyclic) bond motifs is 2. The van der Waals surface area contributed by atoms with E-state index in [-0.39, 0.29) is 11.5 Å². The highest BCUT2D eigenvalue weighted by atomic mass is 32.1.